The topological polar surface area (TPSA) is 153 Å². The maximum absolute atomic E-state index is 12.1. The number of H-pyrrole nitrogens is 2. The Morgan fingerprint density at radius 3 is 2.34 bits per heavy atom. The van der Waals surface area contributed by atoms with E-state index in [1.165, 1.54) is 0 Å². The molecule has 2 heterocycles. The fourth-order valence-electron chi connectivity index (χ4n) is 2.48. The Labute approximate surface area is 179 Å². The van der Waals surface area contributed by atoms with Gasteiger partial charge in [0.2, 0.25) is 0 Å². The predicted molar refractivity (Wildman–Crippen MR) is 108 cm³/mol. The Hall–Kier alpha value is -3.90. The summed E-state index contributed by atoms with van der Waals surface area (Å²) in [5, 5.41) is 13.1. The second-order valence-electron chi connectivity index (χ2n) is 6.71. The van der Waals surface area contributed by atoms with Crippen molar-refractivity contribution in [3.63, 3.8) is 0 Å². The molecule has 10 nitrogen and oxygen atoms in total. The van der Waals surface area contributed by atoms with Crippen LogP contribution in [0.15, 0.2) is 29.1 Å². The monoisotopic (exact) mass is 454 g/mol. The highest BCUT2D eigenvalue weighted by Gasteiger charge is 2.38. The van der Waals surface area contributed by atoms with Gasteiger partial charge >= 0.3 is 18.2 Å². The molecule has 0 saturated heterocycles. The highest BCUT2D eigenvalue weighted by molar-refractivity contribution is 5.77. The summed E-state index contributed by atoms with van der Waals surface area (Å²) >= 11 is 0. The van der Waals surface area contributed by atoms with Crippen molar-refractivity contribution in [2.24, 2.45) is 0 Å². The van der Waals surface area contributed by atoms with Crippen LogP contribution in [0.2, 0.25) is 0 Å². The first-order chi connectivity index (χ1) is 14.9. The number of alkyl halides is 3. The zero-order chi connectivity index (χ0) is 24.1. The van der Waals surface area contributed by atoms with E-state index in [-0.39, 0.29) is 24.2 Å². The van der Waals surface area contributed by atoms with Crippen molar-refractivity contribution in [1.82, 2.24) is 30.6 Å². The Kier molecular flexibility index (Phi) is 7.57. The van der Waals surface area contributed by atoms with Gasteiger partial charge in [-0.15, -0.1) is 0 Å². The first-order valence-electron chi connectivity index (χ1n) is 9.24. The number of fused-ring (bicyclic) bond motifs is 1. The summed E-state index contributed by atoms with van der Waals surface area (Å²) in [5.41, 5.74) is 2.25. The zero-order valence-corrected chi connectivity index (χ0v) is 17.3. The number of para-hydroxylation sites is 1. The summed E-state index contributed by atoms with van der Waals surface area (Å²) in [6, 6.07) is 6.43. The molecule has 1 aromatic carbocycles. The number of aromatic nitrogens is 4. The van der Waals surface area contributed by atoms with E-state index in [0.29, 0.717) is 22.6 Å². The van der Waals surface area contributed by atoms with Crippen molar-refractivity contribution < 1.29 is 27.9 Å². The number of carbonyl (C=O) groups excluding carboxylic acids is 1. The number of aliphatic carboxylic acids is 1. The number of aryl methyl sites for hydroxylation is 2. The van der Waals surface area contributed by atoms with Crippen molar-refractivity contribution in [2.75, 3.05) is 0 Å². The minimum atomic E-state index is -5.08. The molecule has 3 rings (SSSR count). The number of rotatable bonds is 4. The molecular formula is C19H21F3N6O4. The molecule has 0 fully saturated rings. The number of carboxylic acid groups (broad SMARTS) is 1. The van der Waals surface area contributed by atoms with Crippen LogP contribution in [0.1, 0.15) is 36.0 Å². The molecule has 0 radical (unpaired) electrons. The summed E-state index contributed by atoms with van der Waals surface area (Å²) < 4.78 is 31.7. The summed E-state index contributed by atoms with van der Waals surface area (Å²) in [5.74, 6) is -1.66. The summed E-state index contributed by atoms with van der Waals surface area (Å²) in [7, 11) is 0. The molecule has 0 bridgehead atoms. The molecule has 172 valence electrons. The Bertz CT molecular complexity index is 1150. The lowest BCUT2D eigenvalue weighted by atomic mass is 10.2. The lowest BCUT2D eigenvalue weighted by molar-refractivity contribution is -0.192. The number of hydrogen-bond acceptors (Lipinski definition) is 5. The van der Waals surface area contributed by atoms with Crippen LogP contribution in [0.5, 0.6) is 0 Å². The number of benzene rings is 1. The Morgan fingerprint density at radius 1 is 1.16 bits per heavy atom. The fraction of sp³-hybridized carbons (Fsp3) is 0.316. The molecule has 2 aromatic heterocycles. The van der Waals surface area contributed by atoms with Gasteiger partial charge in [-0.1, -0.05) is 12.1 Å². The van der Waals surface area contributed by atoms with Gasteiger partial charge in [0, 0.05) is 5.69 Å². The third-order valence-corrected chi connectivity index (χ3v) is 4.22. The number of urea groups is 1. The summed E-state index contributed by atoms with van der Waals surface area (Å²) in [6.45, 7) is 5.80. The van der Waals surface area contributed by atoms with Crippen LogP contribution in [0.4, 0.5) is 18.0 Å². The zero-order valence-electron chi connectivity index (χ0n) is 17.3. The van der Waals surface area contributed by atoms with Gasteiger partial charge in [0.1, 0.15) is 11.6 Å². The highest BCUT2D eigenvalue weighted by atomic mass is 19.4. The molecule has 0 spiro atoms. The first kappa shape index (κ1) is 24.4. The van der Waals surface area contributed by atoms with Gasteiger partial charge < -0.3 is 25.7 Å². The minimum Gasteiger partial charge on any atom is -0.475 e. The highest BCUT2D eigenvalue weighted by Crippen LogP contribution is 2.13. The average molecular weight is 454 g/mol. The van der Waals surface area contributed by atoms with Crippen LogP contribution in [0.3, 0.4) is 0 Å². The Morgan fingerprint density at radius 2 is 1.78 bits per heavy atom. The van der Waals surface area contributed by atoms with E-state index in [1.807, 2.05) is 26.8 Å². The maximum Gasteiger partial charge on any atom is 0.490 e. The van der Waals surface area contributed by atoms with Crippen molar-refractivity contribution in [1.29, 1.82) is 0 Å². The number of nitrogens with zero attached hydrogens (tertiary/aromatic N) is 2. The molecule has 5 N–H and O–H groups in total. The largest absolute Gasteiger partial charge is 0.490 e. The van der Waals surface area contributed by atoms with Crippen LogP contribution < -0.4 is 16.2 Å². The molecule has 32 heavy (non-hydrogen) atoms. The first-order valence-corrected chi connectivity index (χ1v) is 9.24. The van der Waals surface area contributed by atoms with Crippen LogP contribution in [0.25, 0.3) is 10.9 Å². The van der Waals surface area contributed by atoms with Crippen molar-refractivity contribution in [2.45, 2.75) is 39.5 Å². The summed E-state index contributed by atoms with van der Waals surface area (Å²) in [4.78, 5) is 47.5. The molecule has 2 amide bonds. The van der Waals surface area contributed by atoms with Gasteiger partial charge in [0.25, 0.3) is 5.56 Å². The molecule has 13 heteroatoms. The minimum absolute atomic E-state index is 0.120. The van der Waals surface area contributed by atoms with E-state index >= 15 is 0 Å². The van der Waals surface area contributed by atoms with Gasteiger partial charge in [-0.25, -0.2) is 19.6 Å². The smallest absolute Gasteiger partial charge is 0.475 e. The molecular weight excluding hydrogens is 433 g/mol. The second kappa shape index (κ2) is 9.94. The van der Waals surface area contributed by atoms with Crippen molar-refractivity contribution in [3.8, 4) is 0 Å². The summed E-state index contributed by atoms with van der Waals surface area (Å²) in [6.07, 6.45) is -5.08. The molecule has 1 unspecified atom stereocenters. The maximum atomic E-state index is 12.1. The van der Waals surface area contributed by atoms with Crippen LogP contribution in [0, 0.1) is 13.8 Å². The van der Waals surface area contributed by atoms with Crippen LogP contribution in [-0.4, -0.2) is 43.2 Å². The van der Waals surface area contributed by atoms with E-state index in [1.54, 1.807) is 18.2 Å². The molecule has 0 saturated carbocycles. The van der Waals surface area contributed by atoms with E-state index in [2.05, 4.69) is 30.6 Å². The van der Waals surface area contributed by atoms with Gasteiger partial charge in [-0.3, -0.25) is 4.79 Å². The van der Waals surface area contributed by atoms with Crippen LogP contribution in [-0.2, 0) is 11.3 Å². The number of carboxylic acids is 1. The molecule has 1 atom stereocenters. The van der Waals surface area contributed by atoms with E-state index < -0.39 is 12.1 Å². The van der Waals surface area contributed by atoms with Crippen molar-refractivity contribution in [3.05, 3.63) is 57.7 Å². The lowest BCUT2D eigenvalue weighted by Gasteiger charge is -2.12. The SMILES string of the molecule is Cc1nc(C(C)NC(=O)NCc2nc3ccccc3c(=O)[nH]2)[nH]c1C.O=C(O)C(F)(F)F. The number of aromatic amines is 2. The predicted octanol–water partition coefficient (Wildman–Crippen LogP) is 2.46. The van der Waals surface area contributed by atoms with Gasteiger partial charge in [-0.05, 0) is 32.9 Å². The van der Waals surface area contributed by atoms with Gasteiger partial charge in [-0.2, -0.15) is 13.2 Å². The quantitative estimate of drug-likeness (QED) is 0.408. The molecule has 0 aliphatic heterocycles. The third kappa shape index (κ3) is 6.55. The number of carbonyl (C=O) groups is 2. The van der Waals surface area contributed by atoms with E-state index in [4.69, 9.17) is 9.90 Å². The Balaban J connectivity index is 0.000000451. The van der Waals surface area contributed by atoms with Gasteiger partial charge in [0.05, 0.1) is 29.2 Å². The number of hydrogen-bond donors (Lipinski definition) is 5. The van der Waals surface area contributed by atoms with E-state index in [0.717, 1.165) is 11.4 Å². The number of halogens is 3. The normalized spacial score (nSPS) is 11.9. The van der Waals surface area contributed by atoms with Gasteiger partial charge in [0.15, 0.2) is 0 Å². The number of nitrogens with one attached hydrogen (secondary N) is 4. The lowest BCUT2D eigenvalue weighted by Crippen LogP contribution is -2.37. The van der Waals surface area contributed by atoms with E-state index in [9.17, 15) is 22.8 Å². The average Bonchev–Trinajstić information content (AvgIpc) is 3.05. The number of imidazole rings is 1. The van der Waals surface area contributed by atoms with Crippen LogP contribution >= 0.6 is 0 Å². The molecule has 0 aliphatic carbocycles. The standard InChI is InChI=1S/C17H20N6O2.C2HF3O2/c1-9-10(2)20-15(19-9)11(3)21-17(25)18-8-14-22-13-7-5-4-6-12(13)16(24)23-14;3-2(4,5)1(6)7/h4-7,11H,8H2,1-3H3,(H,19,20)(H2,18,21,25)(H,22,23,24);(H,6,7). The second-order valence-corrected chi connectivity index (χ2v) is 6.71. The molecule has 3 aromatic rings. The molecule has 0 aliphatic rings. The number of amides is 2. The van der Waals surface area contributed by atoms with Crippen molar-refractivity contribution >= 4 is 22.9 Å². The fourth-order valence-corrected chi connectivity index (χ4v) is 2.48. The third-order valence-electron chi connectivity index (χ3n) is 4.22.